The van der Waals surface area contributed by atoms with Crippen molar-refractivity contribution in [3.8, 4) is 0 Å². The van der Waals surface area contributed by atoms with Gasteiger partial charge in [0.15, 0.2) is 0 Å². The zero-order valence-electron chi connectivity index (χ0n) is 1.95. The zero-order valence-corrected chi connectivity index (χ0v) is 1.95. The molecule has 3 N–H and O–H groups in total. The Balaban J connectivity index is -0.00000000500. The van der Waals surface area contributed by atoms with Gasteiger partial charge in [-0.25, -0.2) is 0 Å². The minimum atomic E-state index is 0. The summed E-state index contributed by atoms with van der Waals surface area (Å²) in [5.74, 6) is 0. The Morgan fingerprint density at radius 1 is 1.25 bits per heavy atom. The standard InChI is InChI=1S/CH4O.H2O.Sr.2H/c1-2;;;;/h2H,1H3;1H2;;;. The quantitative estimate of drug-likeness (QED) is 0.383. The molecule has 0 heterocycles. The summed E-state index contributed by atoms with van der Waals surface area (Å²) in [6.45, 7) is 0. The van der Waals surface area contributed by atoms with Crippen LogP contribution < -0.4 is 0 Å². The number of hydrogen-bond acceptors (Lipinski definition) is 1. The van der Waals surface area contributed by atoms with Gasteiger partial charge in [0.05, 0.1) is 0 Å². The van der Waals surface area contributed by atoms with E-state index in [9.17, 15) is 0 Å². The molecule has 0 spiro atoms. The van der Waals surface area contributed by atoms with E-state index in [-0.39, 0.29) is 51.0 Å². The first kappa shape index (κ1) is 18.1. The van der Waals surface area contributed by atoms with Crippen LogP contribution >= 0.6 is 0 Å². The van der Waals surface area contributed by atoms with Gasteiger partial charge in [-0.05, 0) is 0 Å². The minimum absolute atomic E-state index is 0. The second-order valence-corrected chi connectivity index (χ2v) is 0. The van der Waals surface area contributed by atoms with Crippen molar-refractivity contribution < 1.29 is 10.6 Å². The topological polar surface area (TPSA) is 51.7 Å². The summed E-state index contributed by atoms with van der Waals surface area (Å²) in [6, 6.07) is 0. The molecule has 0 rings (SSSR count). The van der Waals surface area contributed by atoms with Crippen molar-refractivity contribution in [1.29, 1.82) is 0 Å². The fourth-order valence-electron chi connectivity index (χ4n) is 0. The van der Waals surface area contributed by atoms with Crippen LogP contribution in [0.4, 0.5) is 0 Å². The molecule has 26 valence electrons. The van der Waals surface area contributed by atoms with Crippen molar-refractivity contribution in [2.75, 3.05) is 7.11 Å². The van der Waals surface area contributed by atoms with Gasteiger partial charge >= 0.3 is 45.5 Å². The average Bonchev–Trinajstić information content (AvgIpc) is 1.00. The van der Waals surface area contributed by atoms with Crippen molar-refractivity contribution in [2.24, 2.45) is 0 Å². The Morgan fingerprint density at radius 2 is 1.25 bits per heavy atom. The first-order chi connectivity index (χ1) is 1.00. The van der Waals surface area contributed by atoms with E-state index in [0.717, 1.165) is 7.11 Å². The number of aliphatic hydroxyl groups is 1. The molecule has 0 aromatic carbocycles. The predicted octanol–water partition coefficient (Wildman–Crippen LogP) is -2.13. The van der Waals surface area contributed by atoms with Gasteiger partial charge in [0.1, 0.15) is 0 Å². The van der Waals surface area contributed by atoms with E-state index >= 15 is 0 Å². The van der Waals surface area contributed by atoms with Gasteiger partial charge in [-0.3, -0.25) is 0 Å². The SMILES string of the molecule is CO.O.[SrH2]. The van der Waals surface area contributed by atoms with E-state index in [1.165, 1.54) is 0 Å². The monoisotopic (exact) mass is 140 g/mol. The third-order valence-corrected chi connectivity index (χ3v) is 0. The van der Waals surface area contributed by atoms with Gasteiger partial charge in [-0.1, -0.05) is 0 Å². The summed E-state index contributed by atoms with van der Waals surface area (Å²) in [5.41, 5.74) is 0. The number of aliphatic hydroxyl groups excluding tert-OH is 1. The van der Waals surface area contributed by atoms with Gasteiger partial charge in [0.2, 0.25) is 0 Å². The molecule has 0 fully saturated rings. The van der Waals surface area contributed by atoms with E-state index < -0.39 is 0 Å². The summed E-state index contributed by atoms with van der Waals surface area (Å²) in [5, 5.41) is 7.00. The van der Waals surface area contributed by atoms with Gasteiger partial charge < -0.3 is 10.6 Å². The summed E-state index contributed by atoms with van der Waals surface area (Å²) < 4.78 is 0. The first-order valence-corrected chi connectivity index (χ1v) is 0.447. The summed E-state index contributed by atoms with van der Waals surface area (Å²) in [4.78, 5) is 0. The molecule has 0 aromatic heterocycles. The normalized spacial score (nSPS) is 1.50. The van der Waals surface area contributed by atoms with Crippen LogP contribution in [0, 0.1) is 0 Å². The molecule has 0 saturated carbocycles. The second-order valence-electron chi connectivity index (χ2n) is 0. The summed E-state index contributed by atoms with van der Waals surface area (Å²) in [7, 11) is 1.00. The van der Waals surface area contributed by atoms with Crippen LogP contribution in [0.2, 0.25) is 0 Å². The molecule has 0 aliphatic carbocycles. The molecule has 0 bridgehead atoms. The zero-order chi connectivity index (χ0) is 2.00. The van der Waals surface area contributed by atoms with Crippen LogP contribution in [-0.4, -0.2) is 63.2 Å². The summed E-state index contributed by atoms with van der Waals surface area (Å²) in [6.07, 6.45) is 0. The molecule has 0 aliphatic heterocycles. The fraction of sp³-hybridized carbons (Fsp3) is 1.00. The van der Waals surface area contributed by atoms with Crippen molar-refractivity contribution in [3.63, 3.8) is 0 Å². The van der Waals surface area contributed by atoms with E-state index in [1.54, 1.807) is 0 Å². The molecule has 0 amide bonds. The molecule has 0 aromatic rings. The molecule has 0 unspecified atom stereocenters. The Labute approximate surface area is 62.4 Å². The van der Waals surface area contributed by atoms with Crippen molar-refractivity contribution in [3.05, 3.63) is 0 Å². The van der Waals surface area contributed by atoms with Crippen LogP contribution in [0.1, 0.15) is 0 Å². The van der Waals surface area contributed by atoms with Crippen molar-refractivity contribution in [2.45, 2.75) is 0 Å². The van der Waals surface area contributed by atoms with Crippen LogP contribution in [-0.2, 0) is 0 Å². The molecule has 0 atom stereocenters. The fourth-order valence-corrected chi connectivity index (χ4v) is 0. The molecule has 2 nitrogen and oxygen atoms in total. The molecule has 0 saturated heterocycles. The first-order valence-electron chi connectivity index (χ1n) is 0.447. The maximum absolute atomic E-state index is 7.00. The van der Waals surface area contributed by atoms with Crippen LogP contribution in [0.25, 0.3) is 0 Å². The van der Waals surface area contributed by atoms with Gasteiger partial charge in [0, 0.05) is 7.11 Å². The van der Waals surface area contributed by atoms with E-state index in [4.69, 9.17) is 5.11 Å². The maximum atomic E-state index is 7.00. The third-order valence-electron chi connectivity index (χ3n) is 0. The number of rotatable bonds is 0. The van der Waals surface area contributed by atoms with Gasteiger partial charge in [0.25, 0.3) is 0 Å². The Bertz CT molecular complexity index is 6.00. The second kappa shape index (κ2) is 25.9. The van der Waals surface area contributed by atoms with Gasteiger partial charge in [-0.15, -0.1) is 0 Å². The Morgan fingerprint density at radius 3 is 1.25 bits per heavy atom. The molecular formula is CH8O2Sr. The van der Waals surface area contributed by atoms with Crippen LogP contribution in [0.5, 0.6) is 0 Å². The molecule has 0 aliphatic rings. The van der Waals surface area contributed by atoms with E-state index in [2.05, 4.69) is 0 Å². The average molecular weight is 140 g/mol. The van der Waals surface area contributed by atoms with Crippen molar-refractivity contribution >= 4 is 45.5 Å². The molecule has 4 heavy (non-hydrogen) atoms. The van der Waals surface area contributed by atoms with E-state index in [0.29, 0.717) is 0 Å². The molecule has 0 radical (unpaired) electrons. The van der Waals surface area contributed by atoms with Crippen LogP contribution in [0.3, 0.4) is 0 Å². The Kier molecular flexibility index (Phi) is 118. The molecular weight excluding hydrogens is 132 g/mol. The Hall–Kier alpha value is 1.40. The molecule has 3 heteroatoms. The van der Waals surface area contributed by atoms with Gasteiger partial charge in [-0.2, -0.15) is 0 Å². The van der Waals surface area contributed by atoms with Crippen LogP contribution in [0.15, 0.2) is 0 Å². The number of hydrogen-bond donors (Lipinski definition) is 1. The van der Waals surface area contributed by atoms with Crippen molar-refractivity contribution in [1.82, 2.24) is 0 Å². The third kappa shape index (κ3) is 9.99. The predicted molar refractivity (Wildman–Crippen MR) is 20.3 cm³/mol. The summed E-state index contributed by atoms with van der Waals surface area (Å²) >= 11 is 0. The van der Waals surface area contributed by atoms with E-state index in [1.807, 2.05) is 0 Å².